The molecule has 1 aliphatic rings. The van der Waals surface area contributed by atoms with E-state index < -0.39 is 0 Å². The van der Waals surface area contributed by atoms with Gasteiger partial charge in [-0.1, -0.05) is 36.4 Å². The first-order valence-corrected chi connectivity index (χ1v) is 8.21. The van der Waals surface area contributed by atoms with Crippen molar-refractivity contribution >= 4 is 17.6 Å². The summed E-state index contributed by atoms with van der Waals surface area (Å²) in [6.07, 6.45) is 0.977. The van der Waals surface area contributed by atoms with Crippen molar-refractivity contribution in [2.75, 3.05) is 13.1 Å². The minimum atomic E-state index is -0.382. The molecule has 2 amide bonds. The molecule has 0 saturated heterocycles. The molecule has 128 valence electrons. The first-order chi connectivity index (χ1) is 12.2. The van der Waals surface area contributed by atoms with Crippen molar-refractivity contribution in [1.82, 2.24) is 16.2 Å². The van der Waals surface area contributed by atoms with Crippen LogP contribution in [0.3, 0.4) is 0 Å². The number of nitrogens with one attached hydrogen (secondary N) is 3. The quantitative estimate of drug-likeness (QED) is 0.748. The Balaban J connectivity index is 1.73. The third kappa shape index (κ3) is 3.85. The Morgan fingerprint density at radius 3 is 2.28 bits per heavy atom. The number of aliphatic imine (C=N–C) groups is 1. The van der Waals surface area contributed by atoms with Crippen molar-refractivity contribution < 1.29 is 9.59 Å². The number of carbonyl (C=O) groups is 2. The van der Waals surface area contributed by atoms with Crippen LogP contribution in [0.2, 0.25) is 0 Å². The van der Waals surface area contributed by atoms with Gasteiger partial charge in [-0.2, -0.15) is 0 Å². The number of amidine groups is 1. The van der Waals surface area contributed by atoms with Gasteiger partial charge in [0.2, 0.25) is 0 Å². The second-order valence-electron chi connectivity index (χ2n) is 5.78. The van der Waals surface area contributed by atoms with Gasteiger partial charge in [0.1, 0.15) is 5.84 Å². The van der Waals surface area contributed by atoms with Gasteiger partial charge in [-0.3, -0.25) is 25.4 Å². The van der Waals surface area contributed by atoms with E-state index in [4.69, 9.17) is 0 Å². The standard InChI is InChI=1S/C19H20N4O2/c1-13-7-2-3-8-14(13)18(24)22-23-19(25)16-10-5-4-9-15(16)17-20-11-6-12-21-17/h2-5,7-10H,6,11-12H2,1H3,(H,20,21)(H,22,24)(H,23,25). The van der Waals surface area contributed by atoms with E-state index in [1.807, 2.05) is 31.2 Å². The van der Waals surface area contributed by atoms with Crippen LogP contribution in [0, 0.1) is 6.92 Å². The molecule has 3 rings (SSSR count). The highest BCUT2D eigenvalue weighted by Gasteiger charge is 2.17. The highest BCUT2D eigenvalue weighted by molar-refractivity contribution is 6.10. The topological polar surface area (TPSA) is 82.6 Å². The molecule has 0 aliphatic carbocycles. The molecule has 0 atom stereocenters. The Labute approximate surface area is 146 Å². The summed E-state index contributed by atoms with van der Waals surface area (Å²) in [4.78, 5) is 29.2. The Morgan fingerprint density at radius 2 is 1.60 bits per heavy atom. The van der Waals surface area contributed by atoms with Gasteiger partial charge in [0.15, 0.2) is 0 Å². The predicted octanol–water partition coefficient (Wildman–Crippen LogP) is 1.81. The minimum Gasteiger partial charge on any atom is -0.370 e. The van der Waals surface area contributed by atoms with E-state index in [2.05, 4.69) is 21.2 Å². The van der Waals surface area contributed by atoms with E-state index >= 15 is 0 Å². The van der Waals surface area contributed by atoms with Crippen molar-refractivity contribution in [2.24, 2.45) is 4.99 Å². The Kier molecular flexibility index (Phi) is 5.09. The number of benzene rings is 2. The molecule has 0 spiro atoms. The lowest BCUT2D eigenvalue weighted by Gasteiger charge is -2.17. The molecule has 0 saturated carbocycles. The maximum atomic E-state index is 12.5. The first kappa shape index (κ1) is 16.7. The molecular formula is C19H20N4O2. The summed E-state index contributed by atoms with van der Waals surface area (Å²) < 4.78 is 0. The van der Waals surface area contributed by atoms with Crippen LogP contribution in [-0.2, 0) is 0 Å². The molecular weight excluding hydrogens is 316 g/mol. The van der Waals surface area contributed by atoms with Gasteiger partial charge in [0, 0.05) is 24.2 Å². The number of aryl methyl sites for hydroxylation is 1. The average Bonchev–Trinajstić information content (AvgIpc) is 2.67. The highest BCUT2D eigenvalue weighted by atomic mass is 16.2. The zero-order valence-electron chi connectivity index (χ0n) is 14.0. The maximum Gasteiger partial charge on any atom is 0.270 e. The summed E-state index contributed by atoms with van der Waals surface area (Å²) in [5.41, 5.74) is 7.50. The highest BCUT2D eigenvalue weighted by Crippen LogP contribution is 2.11. The summed E-state index contributed by atoms with van der Waals surface area (Å²) in [6, 6.07) is 14.4. The van der Waals surface area contributed by atoms with E-state index in [1.165, 1.54) is 0 Å². The minimum absolute atomic E-state index is 0.350. The van der Waals surface area contributed by atoms with Gasteiger partial charge in [0.25, 0.3) is 11.8 Å². The molecule has 0 aromatic heterocycles. The molecule has 25 heavy (non-hydrogen) atoms. The van der Waals surface area contributed by atoms with Crippen molar-refractivity contribution in [1.29, 1.82) is 0 Å². The fourth-order valence-electron chi connectivity index (χ4n) is 2.68. The second-order valence-corrected chi connectivity index (χ2v) is 5.78. The van der Waals surface area contributed by atoms with E-state index in [-0.39, 0.29) is 11.8 Å². The van der Waals surface area contributed by atoms with E-state index in [9.17, 15) is 9.59 Å². The average molecular weight is 336 g/mol. The van der Waals surface area contributed by atoms with E-state index in [0.717, 1.165) is 30.6 Å². The predicted molar refractivity (Wildman–Crippen MR) is 96.6 cm³/mol. The van der Waals surface area contributed by atoms with Crippen LogP contribution in [0.5, 0.6) is 0 Å². The van der Waals surface area contributed by atoms with Crippen LogP contribution in [0.1, 0.15) is 38.3 Å². The van der Waals surface area contributed by atoms with E-state index in [1.54, 1.807) is 24.3 Å². The Morgan fingerprint density at radius 1 is 0.960 bits per heavy atom. The lowest BCUT2D eigenvalue weighted by Crippen LogP contribution is -2.43. The third-order valence-corrected chi connectivity index (χ3v) is 4.00. The maximum absolute atomic E-state index is 12.5. The van der Waals surface area contributed by atoms with Crippen molar-refractivity contribution in [3.63, 3.8) is 0 Å². The number of rotatable bonds is 3. The van der Waals surface area contributed by atoms with E-state index in [0.29, 0.717) is 17.0 Å². The number of hydrazine groups is 1. The second kappa shape index (κ2) is 7.61. The lowest BCUT2D eigenvalue weighted by molar-refractivity contribution is 0.0846. The van der Waals surface area contributed by atoms with Gasteiger partial charge < -0.3 is 5.32 Å². The van der Waals surface area contributed by atoms with Crippen LogP contribution < -0.4 is 16.2 Å². The summed E-state index contributed by atoms with van der Waals surface area (Å²) >= 11 is 0. The number of nitrogens with zero attached hydrogens (tertiary/aromatic N) is 1. The van der Waals surface area contributed by atoms with Gasteiger partial charge in [-0.25, -0.2) is 0 Å². The van der Waals surface area contributed by atoms with Crippen molar-refractivity contribution in [3.05, 3.63) is 70.8 Å². The normalized spacial score (nSPS) is 13.4. The van der Waals surface area contributed by atoms with Gasteiger partial charge in [-0.15, -0.1) is 0 Å². The lowest BCUT2D eigenvalue weighted by atomic mass is 10.1. The molecule has 2 aromatic rings. The fraction of sp³-hybridized carbons (Fsp3) is 0.211. The number of hydrogen-bond donors (Lipinski definition) is 3. The molecule has 0 bridgehead atoms. The fourth-order valence-corrected chi connectivity index (χ4v) is 2.68. The molecule has 3 N–H and O–H groups in total. The van der Waals surface area contributed by atoms with Gasteiger partial charge in [0.05, 0.1) is 5.56 Å². The summed E-state index contributed by atoms with van der Waals surface area (Å²) in [7, 11) is 0. The van der Waals surface area contributed by atoms with Crippen molar-refractivity contribution in [3.8, 4) is 0 Å². The molecule has 0 radical (unpaired) electrons. The largest absolute Gasteiger partial charge is 0.370 e. The van der Waals surface area contributed by atoms with Gasteiger partial charge in [-0.05, 0) is 31.0 Å². The van der Waals surface area contributed by atoms with Crippen LogP contribution in [0.25, 0.3) is 0 Å². The summed E-state index contributed by atoms with van der Waals surface area (Å²) in [5.74, 6) is -0.0214. The molecule has 6 heteroatoms. The summed E-state index contributed by atoms with van der Waals surface area (Å²) in [6.45, 7) is 3.42. The molecule has 1 heterocycles. The molecule has 0 fully saturated rings. The molecule has 6 nitrogen and oxygen atoms in total. The molecule has 1 aliphatic heterocycles. The van der Waals surface area contributed by atoms with Crippen LogP contribution in [0.4, 0.5) is 0 Å². The zero-order chi connectivity index (χ0) is 17.6. The van der Waals surface area contributed by atoms with Gasteiger partial charge >= 0.3 is 0 Å². The van der Waals surface area contributed by atoms with Crippen LogP contribution >= 0.6 is 0 Å². The number of hydrogen-bond acceptors (Lipinski definition) is 4. The third-order valence-electron chi connectivity index (χ3n) is 4.00. The van der Waals surface area contributed by atoms with Crippen LogP contribution in [0.15, 0.2) is 53.5 Å². The Bertz CT molecular complexity index is 830. The number of carbonyl (C=O) groups excluding carboxylic acids is 2. The zero-order valence-corrected chi connectivity index (χ0v) is 14.0. The number of amides is 2. The smallest absolute Gasteiger partial charge is 0.270 e. The summed E-state index contributed by atoms with van der Waals surface area (Å²) in [5, 5.41) is 3.21. The Hall–Kier alpha value is -3.15. The SMILES string of the molecule is Cc1ccccc1C(=O)NNC(=O)c1ccccc1C1=NCCCN1. The molecule has 0 unspecified atom stereocenters. The van der Waals surface area contributed by atoms with Crippen LogP contribution in [-0.4, -0.2) is 30.7 Å². The van der Waals surface area contributed by atoms with Crippen molar-refractivity contribution in [2.45, 2.75) is 13.3 Å². The molecule has 2 aromatic carbocycles. The monoisotopic (exact) mass is 336 g/mol. The first-order valence-electron chi connectivity index (χ1n) is 8.21.